The Labute approximate surface area is 407 Å². The molecule has 3 aliphatic heterocycles. The zero-order chi connectivity index (χ0) is 50.2. The molecule has 69 heavy (non-hydrogen) atoms. The van der Waals surface area contributed by atoms with Crippen molar-refractivity contribution in [3.05, 3.63) is 59.6 Å². The molecule has 16 nitrogen and oxygen atoms in total. The summed E-state index contributed by atoms with van der Waals surface area (Å²) in [7, 11) is 4.71. The second kappa shape index (κ2) is 24.2. The third-order valence-electron chi connectivity index (χ3n) is 15.1. The monoisotopic (exact) mass is 964 g/mol. The number of esters is 1. The first-order valence-corrected chi connectivity index (χ1v) is 25.0. The highest BCUT2D eigenvalue weighted by molar-refractivity contribution is 6.39. The summed E-state index contributed by atoms with van der Waals surface area (Å²) >= 11 is 0. The number of methoxy groups -OCH3 is 3. The lowest BCUT2D eigenvalue weighted by atomic mass is 9.81. The number of benzene rings is 1. The second-order valence-electron chi connectivity index (χ2n) is 20.2. The van der Waals surface area contributed by atoms with Gasteiger partial charge in [0, 0.05) is 63.8 Å². The smallest absolute Gasteiger partial charge is 0.329 e. The number of nitrogens with zero attached hydrogens (tertiary/aromatic N) is 2. The summed E-state index contributed by atoms with van der Waals surface area (Å²) in [5, 5.41) is 33.9. The summed E-state index contributed by atoms with van der Waals surface area (Å²) in [4.78, 5) is 66.3. The van der Waals surface area contributed by atoms with Crippen LogP contribution in [0.25, 0.3) is 11.3 Å². The van der Waals surface area contributed by atoms with Crippen LogP contribution >= 0.6 is 0 Å². The van der Waals surface area contributed by atoms with Crippen LogP contribution in [-0.2, 0) is 54.2 Å². The van der Waals surface area contributed by atoms with Crippen molar-refractivity contribution in [2.24, 2.45) is 29.6 Å². The molecule has 14 atom stereocenters. The minimum absolute atomic E-state index is 0.0200. The number of ketones is 2. The number of carbonyl (C=O) groups excluding carboxylic acids is 4. The Morgan fingerprint density at radius 1 is 0.957 bits per heavy atom. The van der Waals surface area contributed by atoms with Gasteiger partial charge in [-0.05, 0) is 108 Å². The number of rotatable bonds is 10. The van der Waals surface area contributed by atoms with Crippen molar-refractivity contribution in [3.63, 3.8) is 0 Å². The first-order chi connectivity index (χ1) is 32.9. The van der Waals surface area contributed by atoms with Crippen LogP contribution in [0.5, 0.6) is 5.75 Å². The van der Waals surface area contributed by atoms with Crippen molar-refractivity contribution < 1.29 is 62.9 Å². The van der Waals surface area contributed by atoms with Crippen LogP contribution in [0.15, 0.2) is 53.8 Å². The first-order valence-electron chi connectivity index (χ1n) is 25.0. The summed E-state index contributed by atoms with van der Waals surface area (Å²) in [6, 6.07) is 5.72. The lowest BCUT2D eigenvalue weighted by Crippen LogP contribution is -2.64. The number of Topliss-reactive ketones (excluding diaryl/α,β-unsaturated/α-hetero) is 2. The number of ether oxygens (including phenoxy) is 6. The molecule has 1 aromatic carbocycles. The normalized spacial score (nSPS) is 35.9. The number of aromatic amines is 1. The van der Waals surface area contributed by atoms with Crippen molar-refractivity contribution in [2.75, 3.05) is 27.9 Å². The van der Waals surface area contributed by atoms with Crippen LogP contribution in [0.3, 0.4) is 0 Å². The van der Waals surface area contributed by atoms with Gasteiger partial charge in [0.1, 0.15) is 42.2 Å². The highest BCUT2D eigenvalue weighted by Crippen LogP contribution is 2.40. The molecule has 2 saturated heterocycles. The number of aromatic hydroxyl groups is 1. The topological polar surface area (TPSA) is 216 Å². The average Bonchev–Trinajstić information content (AvgIpc) is 3.82. The van der Waals surface area contributed by atoms with E-state index in [1.807, 2.05) is 39.0 Å². The molecule has 16 heteroatoms. The van der Waals surface area contributed by atoms with Gasteiger partial charge < -0.3 is 53.6 Å². The minimum atomic E-state index is -2.52. The molecule has 6 rings (SSSR count). The van der Waals surface area contributed by atoms with Gasteiger partial charge in [-0.25, -0.2) is 9.78 Å². The van der Waals surface area contributed by atoms with Crippen LogP contribution in [0.4, 0.5) is 0 Å². The molecule has 0 spiro atoms. The number of imidazole rings is 1. The van der Waals surface area contributed by atoms with E-state index in [0.717, 1.165) is 17.6 Å². The molecular formula is C53H77N3O13. The summed E-state index contributed by atoms with van der Waals surface area (Å²) in [6.07, 6.45) is 5.98. The summed E-state index contributed by atoms with van der Waals surface area (Å²) < 4.78 is 36.8. The molecule has 4 N–H and O–H groups in total. The van der Waals surface area contributed by atoms with E-state index in [9.17, 15) is 34.5 Å². The van der Waals surface area contributed by atoms with Crippen LogP contribution < -0.4 is 0 Å². The maximum atomic E-state index is 14.6. The number of amides is 1. The second-order valence-corrected chi connectivity index (χ2v) is 20.2. The fourth-order valence-corrected chi connectivity index (χ4v) is 11.0. The van der Waals surface area contributed by atoms with E-state index in [1.165, 1.54) is 19.1 Å². The molecule has 382 valence electrons. The molecule has 1 aliphatic carbocycles. The molecule has 14 unspecified atom stereocenters. The Morgan fingerprint density at radius 3 is 2.38 bits per heavy atom. The van der Waals surface area contributed by atoms with Crippen LogP contribution in [0.1, 0.15) is 118 Å². The van der Waals surface area contributed by atoms with E-state index in [4.69, 9.17) is 28.4 Å². The Balaban J connectivity index is 1.26. The Morgan fingerprint density at radius 2 is 1.68 bits per heavy atom. The maximum absolute atomic E-state index is 14.6. The number of hydrogen-bond donors (Lipinski definition) is 4. The largest absolute Gasteiger partial charge is 0.508 e. The van der Waals surface area contributed by atoms with E-state index >= 15 is 0 Å². The maximum Gasteiger partial charge on any atom is 0.329 e. The van der Waals surface area contributed by atoms with Crippen LogP contribution in [0.2, 0.25) is 0 Å². The highest BCUT2D eigenvalue weighted by atomic mass is 16.7. The molecular weight excluding hydrogens is 887 g/mol. The van der Waals surface area contributed by atoms with Crippen molar-refractivity contribution in [2.45, 2.75) is 173 Å². The summed E-state index contributed by atoms with van der Waals surface area (Å²) in [6.45, 7) is 11.5. The Bertz CT molecular complexity index is 2140. The van der Waals surface area contributed by atoms with E-state index < -0.39 is 77.8 Å². The number of hydrogen-bond acceptors (Lipinski definition) is 14. The summed E-state index contributed by atoms with van der Waals surface area (Å²) in [5.41, 5.74) is 3.12. The van der Waals surface area contributed by atoms with Crippen LogP contribution in [0, 0.1) is 29.6 Å². The number of cyclic esters (lactones) is 1. The predicted octanol–water partition coefficient (Wildman–Crippen LogP) is 6.79. The number of H-pyrrole nitrogens is 1. The first kappa shape index (κ1) is 54.1. The summed E-state index contributed by atoms with van der Waals surface area (Å²) in [5.74, 6) is -6.86. The fraction of sp³-hybridized carbons (Fsp3) is 0.679. The molecule has 4 heterocycles. The average molecular weight is 964 g/mol. The van der Waals surface area contributed by atoms with Gasteiger partial charge in [0.15, 0.2) is 0 Å². The van der Waals surface area contributed by atoms with Crippen LogP contribution in [-0.4, -0.2) is 136 Å². The van der Waals surface area contributed by atoms with Gasteiger partial charge in [-0.2, -0.15) is 0 Å². The van der Waals surface area contributed by atoms with Gasteiger partial charge >= 0.3 is 5.97 Å². The Kier molecular flexibility index (Phi) is 19.0. The Hall–Kier alpha value is -4.29. The number of nitrogens with one attached hydrogen (secondary N) is 1. The lowest BCUT2D eigenvalue weighted by molar-refractivity contribution is -0.302. The number of piperidine rings is 1. The van der Waals surface area contributed by atoms with E-state index in [2.05, 4.69) is 16.9 Å². The third-order valence-corrected chi connectivity index (χ3v) is 15.1. The van der Waals surface area contributed by atoms with Gasteiger partial charge in [0.05, 0.1) is 36.2 Å². The number of aliphatic hydroxyl groups is 2. The van der Waals surface area contributed by atoms with E-state index in [0.29, 0.717) is 62.0 Å². The zero-order valence-electron chi connectivity index (χ0n) is 42.1. The quantitative estimate of drug-likeness (QED) is 0.110. The SMILES string of the molecule is CCC1/C=C(\C)CC(C)CC(OC)C2OC(O)(C(=O)C(=O)N3CCCCC3C(=O)OC(C(C)=CC3CCC(OCc4nc(-c5cccc(O)c5)c[nH]4)C(OC)C3)C(C)C(O)CC1=O)C(C)CC2OC. The molecule has 2 bridgehead atoms. The van der Waals surface area contributed by atoms with Crippen molar-refractivity contribution in [1.29, 1.82) is 0 Å². The number of carbonyl (C=O) groups is 4. The van der Waals surface area contributed by atoms with Crippen molar-refractivity contribution in [1.82, 2.24) is 14.9 Å². The van der Waals surface area contributed by atoms with E-state index in [-0.39, 0.29) is 68.0 Å². The van der Waals surface area contributed by atoms with E-state index in [1.54, 1.807) is 45.4 Å². The predicted molar refractivity (Wildman–Crippen MR) is 256 cm³/mol. The molecule has 1 aromatic heterocycles. The molecule has 4 aliphatic rings. The number of phenolic OH excluding ortho intramolecular Hbond substituents is 1. The number of phenols is 1. The number of aromatic nitrogens is 2. The van der Waals surface area contributed by atoms with Gasteiger partial charge in [-0.1, -0.05) is 57.6 Å². The standard InChI is InChI=1S/C53H77N3O13/c1-10-36-21-30(2)20-31(3)22-45(65-8)49-46(66-9)24-33(5)53(63,69-49)50(60)51(61)56-19-12-11-16-40(56)52(62)68-48(34(6)41(58)27-42(36)59)32(4)23-35-17-18-43(44(25-35)64-7)67-29-47-54-28-39(55-47)37-14-13-15-38(57)26-37/h13-15,21,23,26,28,31,33-36,40-41,43-46,48-49,57-58,63H,10-12,16-20,22,24-25,27,29H2,1-9H3,(H,54,55)/b30-21+,32-23?. The van der Waals surface area contributed by atoms with Crippen molar-refractivity contribution >= 4 is 23.4 Å². The lowest BCUT2D eigenvalue weighted by Gasteiger charge is -2.47. The number of aliphatic hydroxyl groups excluding tert-OH is 1. The fourth-order valence-electron chi connectivity index (χ4n) is 11.0. The molecule has 1 saturated carbocycles. The zero-order valence-corrected chi connectivity index (χ0v) is 42.1. The molecule has 0 radical (unpaired) electrons. The molecule has 3 fully saturated rings. The van der Waals surface area contributed by atoms with Gasteiger partial charge in [-0.15, -0.1) is 0 Å². The van der Waals surface area contributed by atoms with Gasteiger partial charge in [0.25, 0.3) is 11.7 Å². The third kappa shape index (κ3) is 13.0. The highest BCUT2D eigenvalue weighted by Gasteiger charge is 2.56. The molecule has 1 amide bonds. The van der Waals surface area contributed by atoms with Gasteiger partial charge in [-0.3, -0.25) is 14.4 Å². The molecule has 2 aromatic rings. The van der Waals surface area contributed by atoms with Gasteiger partial charge in [0.2, 0.25) is 5.79 Å². The minimum Gasteiger partial charge on any atom is -0.508 e. The number of allylic oxidation sites excluding steroid dienone is 3. The number of fused-ring (bicyclic) bond motifs is 3. The van der Waals surface area contributed by atoms with Crippen molar-refractivity contribution in [3.8, 4) is 17.0 Å².